The Bertz CT molecular complexity index is 1040. The molecule has 0 unspecified atom stereocenters. The number of nitrogens with zero attached hydrogens (tertiary/aromatic N) is 5. The molecule has 0 N–H and O–H groups in total. The van der Waals surface area contributed by atoms with Crippen LogP contribution in [0.4, 0.5) is 0 Å². The second-order valence-electron chi connectivity index (χ2n) is 7.07. The quantitative estimate of drug-likeness (QED) is 0.552. The van der Waals surface area contributed by atoms with Gasteiger partial charge in [-0.05, 0) is 54.8 Å². The van der Waals surface area contributed by atoms with E-state index in [0.717, 1.165) is 30.6 Å². The number of aromatic nitrogens is 4. The van der Waals surface area contributed by atoms with E-state index >= 15 is 0 Å². The number of fused-ring (bicyclic) bond motifs is 1. The van der Waals surface area contributed by atoms with E-state index < -0.39 is 0 Å². The van der Waals surface area contributed by atoms with Crippen molar-refractivity contribution in [3.63, 3.8) is 0 Å². The Labute approximate surface area is 158 Å². The van der Waals surface area contributed by atoms with Crippen molar-refractivity contribution in [2.75, 3.05) is 6.54 Å². The van der Waals surface area contributed by atoms with E-state index in [-0.39, 0.29) is 0 Å². The Kier molecular flexibility index (Phi) is 4.14. The maximum absolute atomic E-state index is 4.80. The third-order valence-electron chi connectivity index (χ3n) is 5.37. The lowest BCUT2D eigenvalue weighted by Gasteiger charge is -2.23. The summed E-state index contributed by atoms with van der Waals surface area (Å²) in [5.41, 5.74) is 5.95. The molecule has 5 heteroatoms. The van der Waals surface area contributed by atoms with Gasteiger partial charge >= 0.3 is 0 Å². The largest absolute Gasteiger partial charge is 0.305 e. The number of imidazole rings is 1. The number of rotatable bonds is 4. The van der Waals surface area contributed by atoms with Crippen LogP contribution in [0, 0.1) is 0 Å². The first-order chi connectivity index (χ1) is 13.4. The fourth-order valence-corrected chi connectivity index (χ4v) is 4.03. The molecule has 1 atom stereocenters. The smallest absolute Gasteiger partial charge is 0.0996 e. The van der Waals surface area contributed by atoms with Gasteiger partial charge in [-0.25, -0.2) is 4.98 Å². The lowest BCUT2D eigenvalue weighted by atomic mass is 10.1. The highest BCUT2D eigenvalue weighted by atomic mass is 15.2. The molecule has 0 aliphatic carbocycles. The molecule has 4 aromatic rings. The van der Waals surface area contributed by atoms with Crippen molar-refractivity contribution in [2.45, 2.75) is 25.4 Å². The highest BCUT2D eigenvalue weighted by molar-refractivity contribution is 5.66. The van der Waals surface area contributed by atoms with Crippen LogP contribution in [0.1, 0.15) is 30.1 Å². The summed E-state index contributed by atoms with van der Waals surface area (Å²) in [6, 6.07) is 13.0. The van der Waals surface area contributed by atoms with Gasteiger partial charge in [-0.3, -0.25) is 14.9 Å². The second kappa shape index (κ2) is 6.93. The van der Waals surface area contributed by atoms with Crippen molar-refractivity contribution in [3.05, 3.63) is 85.0 Å². The van der Waals surface area contributed by atoms with Crippen molar-refractivity contribution >= 4 is 5.52 Å². The van der Waals surface area contributed by atoms with Crippen molar-refractivity contribution in [3.8, 4) is 11.1 Å². The molecule has 5 nitrogen and oxygen atoms in total. The summed E-state index contributed by atoms with van der Waals surface area (Å²) in [4.78, 5) is 15.7. The lowest BCUT2D eigenvalue weighted by molar-refractivity contribution is 0.246. The van der Waals surface area contributed by atoms with Gasteiger partial charge in [0.05, 0.1) is 23.6 Å². The molecule has 0 radical (unpaired) electrons. The van der Waals surface area contributed by atoms with Crippen molar-refractivity contribution in [2.24, 2.45) is 0 Å². The molecule has 1 aliphatic rings. The molecular formula is C22H21N5. The van der Waals surface area contributed by atoms with E-state index in [1.165, 1.54) is 23.2 Å². The molecule has 0 bridgehead atoms. The minimum absolute atomic E-state index is 0.368. The van der Waals surface area contributed by atoms with Gasteiger partial charge in [0, 0.05) is 43.1 Å². The summed E-state index contributed by atoms with van der Waals surface area (Å²) in [7, 11) is 0. The van der Waals surface area contributed by atoms with E-state index in [4.69, 9.17) is 4.98 Å². The van der Waals surface area contributed by atoms with Crippen LogP contribution in [0.3, 0.4) is 0 Å². The Morgan fingerprint density at radius 2 is 1.89 bits per heavy atom. The molecular weight excluding hydrogens is 334 g/mol. The molecule has 5 heterocycles. The van der Waals surface area contributed by atoms with E-state index in [9.17, 15) is 0 Å². The van der Waals surface area contributed by atoms with Crippen LogP contribution >= 0.6 is 0 Å². The highest BCUT2D eigenvalue weighted by Crippen LogP contribution is 2.35. The van der Waals surface area contributed by atoms with Gasteiger partial charge in [0.1, 0.15) is 0 Å². The standard InChI is InChI=1S/C22H21N5/c1-3-18(13-24-9-1)19-5-6-21-22(25-16-27(21)15-19)20-4-2-12-26(20)14-17-7-10-23-11-8-17/h1,3,5-11,13,15-16,20H,2,4,12,14H2/t20-/m0/s1. The summed E-state index contributed by atoms with van der Waals surface area (Å²) >= 11 is 0. The predicted molar refractivity (Wildman–Crippen MR) is 105 cm³/mol. The molecule has 0 aromatic carbocycles. The monoisotopic (exact) mass is 355 g/mol. The molecule has 1 saturated heterocycles. The van der Waals surface area contributed by atoms with Crippen LogP contribution in [-0.4, -0.2) is 30.8 Å². The maximum Gasteiger partial charge on any atom is 0.0996 e. The van der Waals surface area contributed by atoms with Gasteiger partial charge in [-0.1, -0.05) is 12.1 Å². The Morgan fingerprint density at radius 3 is 2.74 bits per heavy atom. The molecule has 1 fully saturated rings. The van der Waals surface area contributed by atoms with Crippen molar-refractivity contribution < 1.29 is 0 Å². The molecule has 0 saturated carbocycles. The third kappa shape index (κ3) is 3.11. The minimum Gasteiger partial charge on any atom is -0.305 e. The van der Waals surface area contributed by atoms with Gasteiger partial charge in [-0.15, -0.1) is 0 Å². The van der Waals surface area contributed by atoms with Crippen LogP contribution in [0.2, 0.25) is 0 Å². The third-order valence-corrected chi connectivity index (χ3v) is 5.37. The zero-order valence-corrected chi connectivity index (χ0v) is 15.1. The Balaban J connectivity index is 1.46. The summed E-state index contributed by atoms with van der Waals surface area (Å²) in [5.74, 6) is 0. The lowest BCUT2D eigenvalue weighted by Crippen LogP contribution is -2.23. The van der Waals surface area contributed by atoms with Crippen LogP contribution in [0.5, 0.6) is 0 Å². The van der Waals surface area contributed by atoms with Crippen LogP contribution < -0.4 is 0 Å². The fraction of sp³-hybridized carbons (Fsp3) is 0.227. The molecule has 4 aromatic heterocycles. The molecule has 134 valence electrons. The summed E-state index contributed by atoms with van der Waals surface area (Å²) < 4.78 is 2.14. The molecule has 0 amide bonds. The minimum atomic E-state index is 0.368. The highest BCUT2D eigenvalue weighted by Gasteiger charge is 2.29. The second-order valence-corrected chi connectivity index (χ2v) is 7.07. The summed E-state index contributed by atoms with van der Waals surface area (Å²) in [5, 5.41) is 0. The predicted octanol–water partition coefficient (Wildman–Crippen LogP) is 4.13. The maximum atomic E-state index is 4.80. The van der Waals surface area contributed by atoms with Crippen molar-refractivity contribution in [1.29, 1.82) is 0 Å². The van der Waals surface area contributed by atoms with Gasteiger partial charge < -0.3 is 4.40 Å². The molecule has 1 aliphatic heterocycles. The number of hydrogen-bond donors (Lipinski definition) is 0. The average molecular weight is 355 g/mol. The van der Waals surface area contributed by atoms with E-state index in [1.54, 1.807) is 6.20 Å². The van der Waals surface area contributed by atoms with E-state index in [2.05, 4.69) is 55.8 Å². The number of pyridine rings is 3. The van der Waals surface area contributed by atoms with Gasteiger partial charge in [0.2, 0.25) is 0 Å². The van der Waals surface area contributed by atoms with Crippen LogP contribution in [0.15, 0.2) is 73.7 Å². The fourth-order valence-electron chi connectivity index (χ4n) is 4.03. The van der Waals surface area contributed by atoms with E-state index in [1.807, 2.05) is 31.0 Å². The zero-order valence-electron chi connectivity index (χ0n) is 15.1. The summed E-state index contributed by atoms with van der Waals surface area (Å²) in [6.07, 6.45) is 13.9. The Hall–Kier alpha value is -3.05. The van der Waals surface area contributed by atoms with Crippen LogP contribution in [0.25, 0.3) is 16.6 Å². The van der Waals surface area contributed by atoms with Gasteiger partial charge in [0.25, 0.3) is 0 Å². The first-order valence-corrected chi connectivity index (χ1v) is 9.38. The normalized spacial score (nSPS) is 17.6. The van der Waals surface area contributed by atoms with Gasteiger partial charge in [-0.2, -0.15) is 0 Å². The van der Waals surface area contributed by atoms with Crippen molar-refractivity contribution in [1.82, 2.24) is 24.3 Å². The average Bonchev–Trinajstić information content (AvgIpc) is 3.35. The first kappa shape index (κ1) is 16.1. The zero-order chi connectivity index (χ0) is 18.1. The van der Waals surface area contributed by atoms with Gasteiger partial charge in [0.15, 0.2) is 0 Å². The van der Waals surface area contributed by atoms with Crippen LogP contribution in [-0.2, 0) is 6.54 Å². The molecule has 5 rings (SSSR count). The Morgan fingerprint density at radius 1 is 0.963 bits per heavy atom. The first-order valence-electron chi connectivity index (χ1n) is 9.38. The molecule has 0 spiro atoms. The summed E-state index contributed by atoms with van der Waals surface area (Å²) in [6.45, 7) is 2.06. The molecule has 27 heavy (non-hydrogen) atoms. The number of likely N-dealkylation sites (tertiary alicyclic amines) is 1. The SMILES string of the molecule is c1cncc(-c2ccc3c([C@@H]4CCCN4Cc4ccncc4)ncn3c2)c1. The van der Waals surface area contributed by atoms with E-state index in [0.29, 0.717) is 6.04 Å². The topological polar surface area (TPSA) is 46.3 Å². The number of hydrogen-bond acceptors (Lipinski definition) is 4.